The highest BCUT2D eigenvalue weighted by atomic mass is 35.5. The number of hydrogen-bond donors (Lipinski definition) is 0. The lowest BCUT2D eigenvalue weighted by Gasteiger charge is -2.20. The van der Waals surface area contributed by atoms with Crippen molar-refractivity contribution in [2.24, 2.45) is 0 Å². The molecule has 2 aromatic rings. The molecular weight excluding hydrogens is 278 g/mol. The van der Waals surface area contributed by atoms with Gasteiger partial charge in [-0.15, -0.1) is 11.6 Å². The van der Waals surface area contributed by atoms with Gasteiger partial charge >= 0.3 is 0 Å². The van der Waals surface area contributed by atoms with Crippen molar-refractivity contribution in [1.29, 1.82) is 0 Å². The highest BCUT2D eigenvalue weighted by molar-refractivity contribution is 6.22. The molecular formula is C17H17ClF2. The summed E-state index contributed by atoms with van der Waals surface area (Å²) < 4.78 is 26.2. The SMILES string of the molecule is CC(C)(C)c1ccc(C(Cl)c2ccc(F)c(F)c2)cc1. The zero-order valence-electron chi connectivity index (χ0n) is 11.8. The van der Waals surface area contributed by atoms with Crippen LogP contribution in [-0.4, -0.2) is 0 Å². The molecule has 0 fully saturated rings. The number of rotatable bonds is 2. The van der Waals surface area contributed by atoms with Crippen LogP contribution in [0, 0.1) is 11.6 Å². The fourth-order valence-electron chi connectivity index (χ4n) is 2.01. The van der Waals surface area contributed by atoms with Gasteiger partial charge in [-0.2, -0.15) is 0 Å². The largest absolute Gasteiger partial charge is 0.204 e. The van der Waals surface area contributed by atoms with Gasteiger partial charge in [0, 0.05) is 0 Å². The van der Waals surface area contributed by atoms with Crippen molar-refractivity contribution in [2.45, 2.75) is 31.6 Å². The second-order valence-electron chi connectivity index (χ2n) is 5.91. The van der Waals surface area contributed by atoms with Gasteiger partial charge in [-0.05, 0) is 34.2 Å². The Bertz CT molecular complexity index is 597. The summed E-state index contributed by atoms with van der Waals surface area (Å²) in [4.78, 5) is 0. The van der Waals surface area contributed by atoms with Crippen LogP contribution in [0.5, 0.6) is 0 Å². The Morgan fingerprint density at radius 3 is 1.90 bits per heavy atom. The topological polar surface area (TPSA) is 0 Å². The van der Waals surface area contributed by atoms with Crippen molar-refractivity contribution in [1.82, 2.24) is 0 Å². The second-order valence-corrected chi connectivity index (χ2v) is 6.34. The monoisotopic (exact) mass is 294 g/mol. The van der Waals surface area contributed by atoms with Gasteiger partial charge in [0.1, 0.15) is 0 Å². The summed E-state index contributed by atoms with van der Waals surface area (Å²) in [5, 5.41) is -0.487. The molecule has 1 atom stereocenters. The van der Waals surface area contributed by atoms with E-state index in [1.54, 1.807) is 0 Å². The Hall–Kier alpha value is -1.41. The Morgan fingerprint density at radius 2 is 1.40 bits per heavy atom. The molecule has 1 unspecified atom stereocenters. The van der Waals surface area contributed by atoms with Gasteiger partial charge in [0.15, 0.2) is 11.6 Å². The van der Waals surface area contributed by atoms with E-state index < -0.39 is 17.0 Å². The maximum atomic E-state index is 13.2. The van der Waals surface area contributed by atoms with Crippen LogP contribution in [-0.2, 0) is 5.41 Å². The predicted molar refractivity (Wildman–Crippen MR) is 79.2 cm³/mol. The molecule has 2 aromatic carbocycles. The number of halogens is 3. The van der Waals surface area contributed by atoms with Crippen molar-refractivity contribution in [3.8, 4) is 0 Å². The molecule has 0 heterocycles. The van der Waals surface area contributed by atoms with E-state index in [0.717, 1.165) is 17.7 Å². The Morgan fingerprint density at radius 1 is 0.850 bits per heavy atom. The first-order valence-corrected chi connectivity index (χ1v) is 6.92. The van der Waals surface area contributed by atoms with Gasteiger partial charge in [-0.1, -0.05) is 51.1 Å². The van der Waals surface area contributed by atoms with Crippen molar-refractivity contribution >= 4 is 11.6 Å². The zero-order valence-corrected chi connectivity index (χ0v) is 12.5. The van der Waals surface area contributed by atoms with Crippen LogP contribution in [0.25, 0.3) is 0 Å². The Kier molecular flexibility index (Phi) is 4.14. The molecule has 2 rings (SSSR count). The lowest BCUT2D eigenvalue weighted by molar-refractivity contribution is 0.507. The quantitative estimate of drug-likeness (QED) is 0.633. The van der Waals surface area contributed by atoms with Crippen molar-refractivity contribution < 1.29 is 8.78 Å². The zero-order chi connectivity index (χ0) is 14.9. The first kappa shape index (κ1) is 15.0. The average molecular weight is 295 g/mol. The molecule has 0 radical (unpaired) electrons. The van der Waals surface area contributed by atoms with Crippen LogP contribution in [0.15, 0.2) is 42.5 Å². The third-order valence-corrected chi connectivity index (χ3v) is 3.81. The van der Waals surface area contributed by atoms with E-state index in [2.05, 4.69) is 20.8 Å². The Balaban J connectivity index is 2.29. The predicted octanol–water partition coefficient (Wildman–Crippen LogP) is 5.59. The second kappa shape index (κ2) is 5.53. The van der Waals surface area contributed by atoms with E-state index in [4.69, 9.17) is 11.6 Å². The molecule has 20 heavy (non-hydrogen) atoms. The summed E-state index contributed by atoms with van der Waals surface area (Å²) >= 11 is 6.33. The van der Waals surface area contributed by atoms with Gasteiger partial charge in [0.25, 0.3) is 0 Å². The smallest absolute Gasteiger partial charge is 0.159 e. The van der Waals surface area contributed by atoms with Gasteiger partial charge in [0.05, 0.1) is 5.38 Å². The highest BCUT2D eigenvalue weighted by Crippen LogP contribution is 2.31. The van der Waals surface area contributed by atoms with Crippen LogP contribution in [0.2, 0.25) is 0 Å². The summed E-state index contributed by atoms with van der Waals surface area (Å²) in [6, 6.07) is 11.6. The fraction of sp³-hybridized carbons (Fsp3) is 0.294. The minimum atomic E-state index is -0.875. The molecule has 0 spiro atoms. The van der Waals surface area contributed by atoms with E-state index >= 15 is 0 Å². The molecule has 0 aliphatic heterocycles. The fourth-order valence-corrected chi connectivity index (χ4v) is 2.30. The third-order valence-electron chi connectivity index (χ3n) is 3.31. The van der Waals surface area contributed by atoms with E-state index in [-0.39, 0.29) is 5.41 Å². The van der Waals surface area contributed by atoms with Crippen molar-refractivity contribution in [3.05, 3.63) is 70.8 Å². The minimum absolute atomic E-state index is 0.0717. The van der Waals surface area contributed by atoms with Gasteiger partial charge in [-0.25, -0.2) is 8.78 Å². The summed E-state index contributed by atoms with van der Waals surface area (Å²) in [5.74, 6) is -1.74. The van der Waals surface area contributed by atoms with E-state index in [9.17, 15) is 8.78 Å². The van der Waals surface area contributed by atoms with Crippen LogP contribution in [0.3, 0.4) is 0 Å². The summed E-state index contributed by atoms with van der Waals surface area (Å²) in [6.45, 7) is 6.40. The Labute approximate surface area is 123 Å². The molecule has 0 aliphatic rings. The molecule has 3 heteroatoms. The van der Waals surface area contributed by atoms with Crippen LogP contribution >= 0.6 is 11.6 Å². The molecule has 0 nitrogen and oxygen atoms in total. The van der Waals surface area contributed by atoms with Crippen LogP contribution < -0.4 is 0 Å². The van der Waals surface area contributed by atoms with Crippen LogP contribution in [0.1, 0.15) is 42.8 Å². The lowest BCUT2D eigenvalue weighted by Crippen LogP contribution is -2.10. The minimum Gasteiger partial charge on any atom is -0.204 e. The third kappa shape index (κ3) is 3.18. The van der Waals surface area contributed by atoms with Gasteiger partial charge < -0.3 is 0 Å². The van der Waals surface area contributed by atoms with Gasteiger partial charge in [-0.3, -0.25) is 0 Å². The van der Waals surface area contributed by atoms with Crippen molar-refractivity contribution in [2.75, 3.05) is 0 Å². The number of benzene rings is 2. The molecule has 106 valence electrons. The molecule has 0 bridgehead atoms. The lowest BCUT2D eigenvalue weighted by atomic mass is 9.86. The summed E-state index contributed by atoms with van der Waals surface area (Å²) in [7, 11) is 0. The summed E-state index contributed by atoms with van der Waals surface area (Å²) in [6.07, 6.45) is 0. The maximum Gasteiger partial charge on any atom is 0.159 e. The molecule has 0 saturated carbocycles. The molecule has 0 saturated heterocycles. The van der Waals surface area contributed by atoms with E-state index in [0.29, 0.717) is 5.56 Å². The van der Waals surface area contributed by atoms with Gasteiger partial charge in [0.2, 0.25) is 0 Å². The molecule has 0 aliphatic carbocycles. The van der Waals surface area contributed by atoms with E-state index in [1.807, 2.05) is 24.3 Å². The average Bonchev–Trinajstić information content (AvgIpc) is 2.40. The molecule has 0 N–H and O–H groups in total. The number of alkyl halides is 1. The number of hydrogen-bond acceptors (Lipinski definition) is 0. The first-order chi connectivity index (χ1) is 9.29. The van der Waals surface area contributed by atoms with Crippen LogP contribution in [0.4, 0.5) is 8.78 Å². The molecule has 0 aromatic heterocycles. The molecule has 0 amide bonds. The van der Waals surface area contributed by atoms with Crippen molar-refractivity contribution in [3.63, 3.8) is 0 Å². The standard InChI is InChI=1S/C17H17ClF2/c1-17(2,3)13-7-4-11(5-8-13)16(18)12-6-9-14(19)15(20)10-12/h4-10,16H,1-3H3. The highest BCUT2D eigenvalue weighted by Gasteiger charge is 2.16. The summed E-state index contributed by atoms with van der Waals surface area (Å²) in [5.41, 5.74) is 2.69. The van der Waals surface area contributed by atoms with E-state index in [1.165, 1.54) is 11.6 Å². The normalized spacial score (nSPS) is 13.3. The first-order valence-electron chi connectivity index (χ1n) is 6.48. The maximum absolute atomic E-state index is 13.2.